The van der Waals surface area contributed by atoms with Crippen LogP contribution in [-0.4, -0.2) is 16.8 Å². The Balaban J connectivity index is 1.95. The number of benzene rings is 2. The highest BCUT2D eigenvalue weighted by atomic mass is 79.9. The SMILES string of the molecule is C[C@@]1(c2cc(F)ccc2F)NC(=O)N(Cc2cccc(Br)c2)C1=O. The van der Waals surface area contributed by atoms with Gasteiger partial charge in [0.1, 0.15) is 17.2 Å². The first-order valence-corrected chi connectivity index (χ1v) is 7.94. The summed E-state index contributed by atoms with van der Waals surface area (Å²) in [6, 6.07) is 9.32. The van der Waals surface area contributed by atoms with Crippen molar-refractivity contribution >= 4 is 27.9 Å². The van der Waals surface area contributed by atoms with E-state index in [0.717, 1.165) is 33.1 Å². The zero-order chi connectivity index (χ0) is 17.5. The van der Waals surface area contributed by atoms with Crippen LogP contribution in [0.4, 0.5) is 13.6 Å². The summed E-state index contributed by atoms with van der Waals surface area (Å²) in [7, 11) is 0. The van der Waals surface area contributed by atoms with E-state index >= 15 is 0 Å². The number of rotatable bonds is 3. The zero-order valence-corrected chi connectivity index (χ0v) is 14.2. The Kier molecular flexibility index (Phi) is 4.13. The molecular formula is C17H13BrF2N2O2. The van der Waals surface area contributed by atoms with Gasteiger partial charge in [-0.3, -0.25) is 9.69 Å². The van der Waals surface area contributed by atoms with Gasteiger partial charge in [0.2, 0.25) is 0 Å². The fourth-order valence-corrected chi connectivity index (χ4v) is 3.17. The minimum Gasteiger partial charge on any atom is -0.319 e. The summed E-state index contributed by atoms with van der Waals surface area (Å²) in [5.41, 5.74) is -1.11. The Morgan fingerprint density at radius 1 is 1.17 bits per heavy atom. The monoisotopic (exact) mass is 394 g/mol. The van der Waals surface area contributed by atoms with Gasteiger partial charge in [-0.1, -0.05) is 28.1 Å². The average molecular weight is 395 g/mol. The van der Waals surface area contributed by atoms with Crippen molar-refractivity contribution in [3.8, 4) is 0 Å². The molecule has 1 aliphatic rings. The van der Waals surface area contributed by atoms with E-state index in [1.807, 2.05) is 6.07 Å². The number of carbonyl (C=O) groups is 2. The van der Waals surface area contributed by atoms with E-state index in [1.54, 1.807) is 18.2 Å². The van der Waals surface area contributed by atoms with Gasteiger partial charge in [-0.2, -0.15) is 0 Å². The highest BCUT2D eigenvalue weighted by Crippen LogP contribution is 2.32. The van der Waals surface area contributed by atoms with Crippen LogP contribution >= 0.6 is 15.9 Å². The maximum Gasteiger partial charge on any atom is 0.325 e. The van der Waals surface area contributed by atoms with Gasteiger partial charge in [-0.25, -0.2) is 13.6 Å². The second-order valence-corrected chi connectivity index (χ2v) is 6.62. The first-order valence-electron chi connectivity index (χ1n) is 7.15. The van der Waals surface area contributed by atoms with Crippen molar-refractivity contribution in [3.05, 3.63) is 69.7 Å². The van der Waals surface area contributed by atoms with Crippen LogP contribution < -0.4 is 5.32 Å². The maximum atomic E-state index is 14.1. The minimum atomic E-state index is -1.64. The molecule has 2 aromatic rings. The van der Waals surface area contributed by atoms with Crippen LogP contribution in [0.1, 0.15) is 18.1 Å². The van der Waals surface area contributed by atoms with Crippen LogP contribution in [0.3, 0.4) is 0 Å². The van der Waals surface area contributed by atoms with Crippen molar-refractivity contribution < 1.29 is 18.4 Å². The van der Waals surface area contributed by atoms with Crippen LogP contribution in [-0.2, 0) is 16.9 Å². The Morgan fingerprint density at radius 2 is 1.92 bits per heavy atom. The smallest absolute Gasteiger partial charge is 0.319 e. The van der Waals surface area contributed by atoms with Gasteiger partial charge in [0.15, 0.2) is 0 Å². The third kappa shape index (κ3) is 2.80. The molecular weight excluding hydrogens is 382 g/mol. The van der Waals surface area contributed by atoms with E-state index in [9.17, 15) is 18.4 Å². The van der Waals surface area contributed by atoms with Crippen molar-refractivity contribution in [1.82, 2.24) is 10.2 Å². The van der Waals surface area contributed by atoms with Crippen molar-refractivity contribution in [1.29, 1.82) is 0 Å². The zero-order valence-electron chi connectivity index (χ0n) is 12.6. The molecule has 2 aromatic carbocycles. The molecule has 0 radical (unpaired) electrons. The Labute approximate surface area is 145 Å². The van der Waals surface area contributed by atoms with Crippen molar-refractivity contribution in [2.75, 3.05) is 0 Å². The molecule has 1 saturated heterocycles. The summed E-state index contributed by atoms with van der Waals surface area (Å²) in [6.45, 7) is 1.41. The highest BCUT2D eigenvalue weighted by molar-refractivity contribution is 9.10. The molecule has 3 amide bonds. The predicted octanol–water partition coefficient (Wildman–Crippen LogP) is 3.69. The normalized spacial score (nSPS) is 20.4. The fourth-order valence-electron chi connectivity index (χ4n) is 2.72. The molecule has 0 aromatic heterocycles. The number of nitrogens with zero attached hydrogens (tertiary/aromatic N) is 1. The summed E-state index contributed by atoms with van der Waals surface area (Å²) < 4.78 is 28.4. The fraction of sp³-hybridized carbons (Fsp3) is 0.176. The summed E-state index contributed by atoms with van der Waals surface area (Å²) >= 11 is 3.32. The number of hydrogen-bond donors (Lipinski definition) is 1. The van der Waals surface area contributed by atoms with Crippen LogP contribution in [0, 0.1) is 11.6 Å². The predicted molar refractivity (Wildman–Crippen MR) is 86.9 cm³/mol. The van der Waals surface area contributed by atoms with E-state index < -0.39 is 29.1 Å². The molecule has 0 spiro atoms. The largest absolute Gasteiger partial charge is 0.325 e. The number of nitrogens with one attached hydrogen (secondary N) is 1. The molecule has 1 N–H and O–H groups in total. The number of urea groups is 1. The Morgan fingerprint density at radius 3 is 2.62 bits per heavy atom. The van der Waals surface area contributed by atoms with Crippen LogP contribution in [0.15, 0.2) is 46.9 Å². The molecule has 0 bridgehead atoms. The van der Waals surface area contributed by atoms with Crippen LogP contribution in [0.5, 0.6) is 0 Å². The molecule has 1 atom stereocenters. The van der Waals surface area contributed by atoms with Gasteiger partial charge in [-0.15, -0.1) is 0 Å². The number of carbonyl (C=O) groups excluding carboxylic acids is 2. The molecule has 7 heteroatoms. The lowest BCUT2D eigenvalue weighted by Gasteiger charge is -2.23. The standard InChI is InChI=1S/C17H13BrF2N2O2/c1-17(13-8-12(19)5-6-14(13)20)15(23)22(16(24)21-17)9-10-3-2-4-11(18)7-10/h2-8H,9H2,1H3,(H,21,24)/t17-/m0/s1. The molecule has 24 heavy (non-hydrogen) atoms. The van der Waals surface area contributed by atoms with E-state index in [0.29, 0.717) is 0 Å². The third-order valence-electron chi connectivity index (χ3n) is 3.97. The molecule has 0 saturated carbocycles. The molecule has 3 rings (SSSR count). The molecule has 124 valence electrons. The van der Waals surface area contributed by atoms with E-state index in [2.05, 4.69) is 21.2 Å². The van der Waals surface area contributed by atoms with Gasteiger partial charge in [0.05, 0.1) is 6.54 Å². The number of amides is 3. The second-order valence-electron chi connectivity index (χ2n) is 5.70. The van der Waals surface area contributed by atoms with E-state index in [4.69, 9.17) is 0 Å². The maximum absolute atomic E-state index is 14.1. The van der Waals surface area contributed by atoms with E-state index in [1.165, 1.54) is 6.92 Å². The summed E-state index contributed by atoms with van der Waals surface area (Å²) in [6.07, 6.45) is 0. The summed E-state index contributed by atoms with van der Waals surface area (Å²) in [5.74, 6) is -2.06. The second kappa shape index (κ2) is 5.98. The number of imide groups is 1. The molecule has 1 heterocycles. The topological polar surface area (TPSA) is 49.4 Å². The van der Waals surface area contributed by atoms with Gasteiger partial charge in [-0.05, 0) is 42.8 Å². The molecule has 4 nitrogen and oxygen atoms in total. The van der Waals surface area contributed by atoms with Crippen molar-refractivity contribution in [2.24, 2.45) is 0 Å². The van der Waals surface area contributed by atoms with Crippen molar-refractivity contribution in [3.63, 3.8) is 0 Å². The van der Waals surface area contributed by atoms with Crippen LogP contribution in [0.25, 0.3) is 0 Å². The van der Waals surface area contributed by atoms with Gasteiger partial charge >= 0.3 is 6.03 Å². The van der Waals surface area contributed by atoms with Crippen molar-refractivity contribution in [2.45, 2.75) is 19.0 Å². The summed E-state index contributed by atoms with van der Waals surface area (Å²) in [4.78, 5) is 26.0. The Bertz CT molecular complexity index is 843. The van der Waals surface area contributed by atoms with Crippen LogP contribution in [0.2, 0.25) is 0 Å². The van der Waals surface area contributed by atoms with E-state index in [-0.39, 0.29) is 12.1 Å². The first-order chi connectivity index (χ1) is 11.3. The van der Waals surface area contributed by atoms with Gasteiger partial charge < -0.3 is 5.32 Å². The number of hydrogen-bond acceptors (Lipinski definition) is 2. The molecule has 0 aliphatic carbocycles. The number of halogens is 3. The average Bonchev–Trinajstić information content (AvgIpc) is 2.74. The lowest BCUT2D eigenvalue weighted by atomic mass is 9.91. The molecule has 1 aliphatic heterocycles. The quantitative estimate of drug-likeness (QED) is 0.806. The third-order valence-corrected chi connectivity index (χ3v) is 4.47. The molecule has 1 fully saturated rings. The summed E-state index contributed by atoms with van der Waals surface area (Å²) in [5, 5.41) is 2.47. The van der Waals surface area contributed by atoms with Gasteiger partial charge in [0, 0.05) is 10.0 Å². The lowest BCUT2D eigenvalue weighted by molar-refractivity contribution is -0.131. The van der Waals surface area contributed by atoms with Gasteiger partial charge in [0.25, 0.3) is 5.91 Å². The molecule has 0 unspecified atom stereocenters. The lowest BCUT2D eigenvalue weighted by Crippen LogP contribution is -2.41. The minimum absolute atomic E-state index is 0.0383. The highest BCUT2D eigenvalue weighted by Gasteiger charge is 2.50. The Hall–Kier alpha value is -2.28. The first kappa shape index (κ1) is 16.6.